The molecule has 0 aliphatic carbocycles. The minimum atomic E-state index is -0.262. The van der Waals surface area contributed by atoms with Crippen LogP contribution in [0.3, 0.4) is 0 Å². The molecule has 4 heterocycles. The summed E-state index contributed by atoms with van der Waals surface area (Å²) in [6, 6.07) is 19.7. The molecule has 2 aromatic carbocycles. The first-order valence-electron chi connectivity index (χ1n) is 13.3. The number of carbonyl (C=O) groups excluding carboxylic acids is 2. The van der Waals surface area contributed by atoms with Crippen LogP contribution in [0.1, 0.15) is 34.8 Å². The molecule has 0 bridgehead atoms. The summed E-state index contributed by atoms with van der Waals surface area (Å²) < 4.78 is 7.51. The minimum absolute atomic E-state index is 0.0161. The number of thiophene rings is 1. The van der Waals surface area contributed by atoms with E-state index in [1.54, 1.807) is 16.2 Å². The van der Waals surface area contributed by atoms with Gasteiger partial charge in [-0.05, 0) is 54.5 Å². The van der Waals surface area contributed by atoms with Crippen molar-refractivity contribution >= 4 is 52.3 Å². The van der Waals surface area contributed by atoms with Gasteiger partial charge in [-0.15, -0.1) is 23.1 Å². The van der Waals surface area contributed by atoms with Gasteiger partial charge in [0.1, 0.15) is 18.1 Å². The zero-order valence-corrected chi connectivity index (χ0v) is 24.4. The van der Waals surface area contributed by atoms with Gasteiger partial charge < -0.3 is 10.1 Å². The van der Waals surface area contributed by atoms with Gasteiger partial charge in [-0.1, -0.05) is 54.1 Å². The number of carbonyl (C=O) groups is 2. The summed E-state index contributed by atoms with van der Waals surface area (Å²) in [5.41, 5.74) is 4.43. The van der Waals surface area contributed by atoms with Gasteiger partial charge in [-0.2, -0.15) is 5.10 Å². The number of thioether (sulfide) groups is 1. The van der Waals surface area contributed by atoms with Crippen LogP contribution in [0.25, 0.3) is 16.3 Å². The molecule has 10 heteroatoms. The SMILES string of the molecule is Cc1ccccc1-n1nc(-c2cccs2)c2c1N(CC(=O)NC[C@@H]1CCCO1)C(=O)CS[C@@H]2c1ccccc1Cl. The van der Waals surface area contributed by atoms with E-state index in [-0.39, 0.29) is 35.5 Å². The number of hydrogen-bond donors (Lipinski definition) is 1. The van der Waals surface area contributed by atoms with Gasteiger partial charge in [-0.3, -0.25) is 14.5 Å². The summed E-state index contributed by atoms with van der Waals surface area (Å²) in [6.45, 7) is 3.06. The number of benzene rings is 2. The molecule has 2 atom stereocenters. The van der Waals surface area contributed by atoms with Gasteiger partial charge in [0, 0.05) is 23.7 Å². The van der Waals surface area contributed by atoms with Gasteiger partial charge in [0.15, 0.2) is 0 Å². The number of fused-ring (bicyclic) bond motifs is 1. The highest BCUT2D eigenvalue weighted by Gasteiger charge is 2.38. The molecule has 0 radical (unpaired) electrons. The average Bonchev–Trinajstić information content (AvgIpc) is 3.72. The summed E-state index contributed by atoms with van der Waals surface area (Å²) in [5, 5.41) is 10.5. The lowest BCUT2D eigenvalue weighted by Crippen LogP contribution is -2.44. The number of para-hydroxylation sites is 1. The molecule has 2 aliphatic rings. The highest BCUT2D eigenvalue weighted by Crippen LogP contribution is 2.50. The smallest absolute Gasteiger partial charge is 0.240 e. The first-order valence-corrected chi connectivity index (χ1v) is 15.6. The molecule has 40 heavy (non-hydrogen) atoms. The third kappa shape index (κ3) is 5.31. The fraction of sp³-hybridized carbons (Fsp3) is 0.300. The van der Waals surface area contributed by atoms with Crippen molar-refractivity contribution < 1.29 is 14.3 Å². The topological polar surface area (TPSA) is 76.5 Å². The molecule has 2 amide bonds. The summed E-state index contributed by atoms with van der Waals surface area (Å²) >= 11 is 9.86. The van der Waals surface area contributed by atoms with Crippen LogP contribution in [0.5, 0.6) is 0 Å². The zero-order chi connectivity index (χ0) is 27.6. The molecule has 1 N–H and O–H groups in total. The van der Waals surface area contributed by atoms with E-state index in [1.165, 1.54) is 11.8 Å². The third-order valence-electron chi connectivity index (χ3n) is 7.23. The van der Waals surface area contributed by atoms with Crippen LogP contribution in [0.4, 0.5) is 5.82 Å². The number of amides is 2. The van der Waals surface area contributed by atoms with Crippen LogP contribution in [-0.2, 0) is 14.3 Å². The fourth-order valence-corrected chi connectivity index (χ4v) is 7.52. The standard InChI is InChI=1S/C30H29ClN4O3S2/c1-19-8-2-5-12-23(19)35-30-27(28(33-35)24-13-7-15-39-24)29(21-10-3-4-11-22(21)31)40-18-26(37)34(30)17-25(36)32-16-20-9-6-14-38-20/h2-5,7-8,10-13,15,20,29H,6,9,14,16-18H2,1H3,(H,32,36)/t20-,29+/m0/s1. The van der Waals surface area contributed by atoms with Crippen LogP contribution in [0.2, 0.25) is 5.02 Å². The number of anilines is 1. The lowest BCUT2D eigenvalue weighted by Gasteiger charge is -2.24. The largest absolute Gasteiger partial charge is 0.376 e. The normalized spacial score (nSPS) is 18.9. The van der Waals surface area contributed by atoms with E-state index in [9.17, 15) is 9.59 Å². The second-order valence-corrected chi connectivity index (χ2v) is 12.3. The van der Waals surface area contributed by atoms with Crippen molar-refractivity contribution in [3.05, 3.63) is 87.8 Å². The zero-order valence-electron chi connectivity index (χ0n) is 22.0. The quantitative estimate of drug-likeness (QED) is 0.284. The van der Waals surface area contributed by atoms with Crippen molar-refractivity contribution in [3.63, 3.8) is 0 Å². The Kier molecular flexibility index (Phi) is 7.98. The lowest BCUT2D eigenvalue weighted by molar-refractivity contribution is -0.123. The Bertz CT molecular complexity index is 1530. The molecule has 1 saturated heterocycles. The van der Waals surface area contributed by atoms with E-state index in [4.69, 9.17) is 21.4 Å². The third-order valence-corrected chi connectivity index (χ3v) is 9.68. The number of rotatable bonds is 7. The van der Waals surface area contributed by atoms with Gasteiger partial charge in [0.2, 0.25) is 11.8 Å². The Hall–Kier alpha value is -3.11. The van der Waals surface area contributed by atoms with E-state index in [0.717, 1.165) is 52.4 Å². The van der Waals surface area contributed by atoms with Gasteiger partial charge in [0.25, 0.3) is 0 Å². The van der Waals surface area contributed by atoms with Gasteiger partial charge >= 0.3 is 0 Å². The van der Waals surface area contributed by atoms with Crippen LogP contribution in [0.15, 0.2) is 66.0 Å². The molecule has 206 valence electrons. The molecule has 1 fully saturated rings. The van der Waals surface area contributed by atoms with Crippen molar-refractivity contribution in [2.75, 3.05) is 30.3 Å². The number of nitrogens with zero attached hydrogens (tertiary/aromatic N) is 3. The number of aromatic nitrogens is 2. The molecular weight excluding hydrogens is 564 g/mol. The van der Waals surface area contributed by atoms with Crippen LogP contribution in [0, 0.1) is 6.92 Å². The summed E-state index contributed by atoms with van der Waals surface area (Å²) in [6.07, 6.45) is 1.94. The van der Waals surface area contributed by atoms with Gasteiger partial charge in [-0.25, -0.2) is 4.68 Å². The van der Waals surface area contributed by atoms with Crippen molar-refractivity contribution in [3.8, 4) is 16.3 Å². The molecule has 0 spiro atoms. The van der Waals surface area contributed by atoms with E-state index in [0.29, 0.717) is 17.4 Å². The Morgan fingerprint density at radius 2 is 1.98 bits per heavy atom. The predicted octanol–water partition coefficient (Wildman–Crippen LogP) is 6.03. The fourth-order valence-electron chi connectivity index (χ4n) is 5.25. The van der Waals surface area contributed by atoms with Crippen molar-refractivity contribution in [1.82, 2.24) is 15.1 Å². The van der Waals surface area contributed by atoms with Crippen LogP contribution < -0.4 is 10.2 Å². The molecule has 7 nitrogen and oxygen atoms in total. The molecular formula is C30H29ClN4O3S2. The second-order valence-electron chi connectivity index (χ2n) is 9.89. The Morgan fingerprint density at radius 1 is 1.15 bits per heavy atom. The van der Waals surface area contributed by atoms with E-state index in [2.05, 4.69) is 5.32 Å². The number of nitrogens with one attached hydrogen (secondary N) is 1. The molecule has 4 aromatic rings. The number of aryl methyl sites for hydroxylation is 1. The highest BCUT2D eigenvalue weighted by molar-refractivity contribution is 8.00. The molecule has 0 saturated carbocycles. The lowest BCUT2D eigenvalue weighted by atomic mass is 10.0. The molecule has 2 aromatic heterocycles. The van der Waals surface area contributed by atoms with Crippen molar-refractivity contribution in [2.45, 2.75) is 31.1 Å². The van der Waals surface area contributed by atoms with E-state index in [1.807, 2.05) is 77.6 Å². The second kappa shape index (κ2) is 11.8. The number of halogens is 1. The van der Waals surface area contributed by atoms with E-state index < -0.39 is 0 Å². The average molecular weight is 593 g/mol. The molecule has 0 unspecified atom stereocenters. The summed E-state index contributed by atoms with van der Waals surface area (Å²) in [7, 11) is 0. The Morgan fingerprint density at radius 3 is 2.73 bits per heavy atom. The van der Waals surface area contributed by atoms with Crippen molar-refractivity contribution in [1.29, 1.82) is 0 Å². The first kappa shape index (κ1) is 27.1. The van der Waals surface area contributed by atoms with Gasteiger partial charge in [0.05, 0.1) is 27.7 Å². The first-order chi connectivity index (χ1) is 19.5. The predicted molar refractivity (Wildman–Crippen MR) is 162 cm³/mol. The van der Waals surface area contributed by atoms with E-state index >= 15 is 0 Å². The Labute approximate surface area is 246 Å². The number of hydrogen-bond acceptors (Lipinski definition) is 6. The Balaban J connectivity index is 1.52. The maximum Gasteiger partial charge on any atom is 0.240 e. The van der Waals surface area contributed by atoms with Crippen LogP contribution >= 0.6 is 34.7 Å². The monoisotopic (exact) mass is 592 g/mol. The van der Waals surface area contributed by atoms with Crippen LogP contribution in [-0.4, -0.2) is 53.1 Å². The summed E-state index contributed by atoms with van der Waals surface area (Å²) in [5.74, 6) is 0.415. The molecule has 2 aliphatic heterocycles. The minimum Gasteiger partial charge on any atom is -0.376 e. The molecule has 6 rings (SSSR count). The number of ether oxygens (including phenoxy) is 1. The highest BCUT2D eigenvalue weighted by atomic mass is 35.5. The summed E-state index contributed by atoms with van der Waals surface area (Å²) in [4.78, 5) is 29.7. The maximum atomic E-state index is 13.8. The van der Waals surface area contributed by atoms with Crippen molar-refractivity contribution in [2.24, 2.45) is 0 Å². The maximum absolute atomic E-state index is 13.8.